The molecule has 1 aliphatic heterocycles. The SMILES string of the molecule is CNc1cc2cc(-c3c(C)c(F)c(N4CCC(N)C4)c4[nH]ncc34)ccn2n1. The molecule has 1 aromatic carbocycles. The molecule has 1 aliphatic rings. The van der Waals surface area contributed by atoms with E-state index in [1.54, 1.807) is 10.7 Å². The molecule has 1 fully saturated rings. The number of nitrogens with zero attached hydrogens (tertiary/aromatic N) is 4. The van der Waals surface area contributed by atoms with Crippen LogP contribution in [0, 0.1) is 12.7 Å². The van der Waals surface area contributed by atoms with Crippen molar-refractivity contribution in [3.8, 4) is 11.1 Å². The highest BCUT2D eigenvalue weighted by atomic mass is 19.1. The normalized spacial score (nSPS) is 17.1. The van der Waals surface area contributed by atoms with Crippen molar-refractivity contribution in [2.45, 2.75) is 19.4 Å². The van der Waals surface area contributed by atoms with Crippen LogP contribution in [-0.4, -0.2) is 46.0 Å². The predicted molar refractivity (Wildman–Crippen MR) is 109 cm³/mol. The summed E-state index contributed by atoms with van der Waals surface area (Å²) in [5.41, 5.74) is 10.7. The van der Waals surface area contributed by atoms with Crippen molar-refractivity contribution < 1.29 is 4.39 Å². The Kier molecular flexibility index (Phi) is 3.77. The first-order chi connectivity index (χ1) is 13.6. The molecule has 144 valence electrons. The van der Waals surface area contributed by atoms with E-state index < -0.39 is 0 Å². The molecule has 5 rings (SSSR count). The minimum absolute atomic E-state index is 0.0722. The number of pyridine rings is 1. The van der Waals surface area contributed by atoms with Gasteiger partial charge in [-0.25, -0.2) is 8.91 Å². The van der Waals surface area contributed by atoms with Gasteiger partial charge >= 0.3 is 0 Å². The lowest BCUT2D eigenvalue weighted by molar-refractivity contribution is 0.616. The summed E-state index contributed by atoms with van der Waals surface area (Å²) in [5.74, 6) is 0.569. The molecule has 3 aromatic heterocycles. The summed E-state index contributed by atoms with van der Waals surface area (Å²) in [7, 11) is 1.83. The Morgan fingerprint density at radius 2 is 2.21 bits per heavy atom. The highest BCUT2D eigenvalue weighted by Gasteiger charge is 2.27. The van der Waals surface area contributed by atoms with Crippen LogP contribution < -0.4 is 16.0 Å². The van der Waals surface area contributed by atoms with E-state index in [9.17, 15) is 0 Å². The van der Waals surface area contributed by atoms with Crippen molar-refractivity contribution in [1.82, 2.24) is 19.8 Å². The number of aromatic nitrogens is 4. The number of aromatic amines is 1. The predicted octanol–water partition coefficient (Wildman–Crippen LogP) is 2.90. The van der Waals surface area contributed by atoms with Crippen molar-refractivity contribution in [2.75, 3.05) is 30.4 Å². The molecule has 1 saturated heterocycles. The zero-order valence-corrected chi connectivity index (χ0v) is 15.8. The summed E-state index contributed by atoms with van der Waals surface area (Å²) in [4.78, 5) is 2.02. The number of rotatable bonds is 3. The van der Waals surface area contributed by atoms with Crippen LogP contribution in [0.2, 0.25) is 0 Å². The van der Waals surface area contributed by atoms with Crippen molar-refractivity contribution in [3.05, 3.63) is 42.0 Å². The molecule has 0 bridgehead atoms. The second-order valence-electron chi connectivity index (χ2n) is 7.38. The summed E-state index contributed by atoms with van der Waals surface area (Å²) in [6.45, 7) is 3.23. The fraction of sp³-hybridized carbons (Fsp3) is 0.300. The number of hydrogen-bond donors (Lipinski definition) is 3. The fourth-order valence-electron chi connectivity index (χ4n) is 4.19. The van der Waals surface area contributed by atoms with Crippen LogP contribution in [0.4, 0.5) is 15.9 Å². The van der Waals surface area contributed by atoms with Gasteiger partial charge in [-0.1, -0.05) is 0 Å². The molecule has 4 N–H and O–H groups in total. The Morgan fingerprint density at radius 3 is 2.96 bits per heavy atom. The second-order valence-corrected chi connectivity index (χ2v) is 7.38. The number of nitrogens with two attached hydrogens (primary N) is 1. The molecular formula is C20H22FN7. The maximum atomic E-state index is 15.5. The van der Waals surface area contributed by atoms with Gasteiger partial charge in [0.15, 0.2) is 5.82 Å². The van der Waals surface area contributed by atoms with Gasteiger partial charge in [-0.2, -0.15) is 10.2 Å². The lowest BCUT2D eigenvalue weighted by Gasteiger charge is -2.22. The summed E-state index contributed by atoms with van der Waals surface area (Å²) in [6, 6.07) is 6.01. The molecule has 1 atom stereocenters. The Bertz CT molecular complexity index is 1190. The van der Waals surface area contributed by atoms with Crippen LogP contribution >= 0.6 is 0 Å². The fourth-order valence-corrected chi connectivity index (χ4v) is 4.19. The van der Waals surface area contributed by atoms with Crippen LogP contribution in [0.3, 0.4) is 0 Å². The Labute approximate surface area is 161 Å². The number of fused-ring (bicyclic) bond motifs is 2. The van der Waals surface area contributed by atoms with Crippen molar-refractivity contribution in [1.29, 1.82) is 0 Å². The number of halogens is 1. The van der Waals surface area contributed by atoms with E-state index in [0.717, 1.165) is 46.3 Å². The monoisotopic (exact) mass is 379 g/mol. The molecule has 0 radical (unpaired) electrons. The summed E-state index contributed by atoms with van der Waals surface area (Å²) in [6.07, 6.45) is 4.53. The highest BCUT2D eigenvalue weighted by Crippen LogP contribution is 2.40. The average molecular weight is 379 g/mol. The van der Waals surface area contributed by atoms with E-state index >= 15 is 4.39 Å². The van der Waals surface area contributed by atoms with E-state index in [4.69, 9.17) is 5.73 Å². The molecule has 1 unspecified atom stereocenters. The van der Waals surface area contributed by atoms with Gasteiger partial charge in [0, 0.05) is 43.8 Å². The van der Waals surface area contributed by atoms with Crippen LogP contribution in [-0.2, 0) is 0 Å². The van der Waals surface area contributed by atoms with Gasteiger partial charge < -0.3 is 16.0 Å². The Hall–Kier alpha value is -3.13. The lowest BCUT2D eigenvalue weighted by atomic mass is 9.95. The summed E-state index contributed by atoms with van der Waals surface area (Å²) >= 11 is 0. The van der Waals surface area contributed by atoms with Gasteiger partial charge in [-0.3, -0.25) is 5.10 Å². The van der Waals surface area contributed by atoms with Gasteiger partial charge in [-0.05, 0) is 42.2 Å². The maximum Gasteiger partial charge on any atom is 0.152 e. The number of nitrogens with one attached hydrogen (secondary N) is 2. The van der Waals surface area contributed by atoms with Gasteiger partial charge in [0.25, 0.3) is 0 Å². The van der Waals surface area contributed by atoms with Gasteiger partial charge in [0.2, 0.25) is 0 Å². The van der Waals surface area contributed by atoms with Crippen LogP contribution in [0.15, 0.2) is 30.6 Å². The lowest BCUT2D eigenvalue weighted by Crippen LogP contribution is -2.27. The quantitative estimate of drug-likeness (QED) is 0.509. The molecule has 8 heteroatoms. The molecule has 7 nitrogen and oxygen atoms in total. The van der Waals surface area contributed by atoms with E-state index in [0.29, 0.717) is 17.8 Å². The first-order valence-electron chi connectivity index (χ1n) is 9.40. The zero-order valence-electron chi connectivity index (χ0n) is 15.8. The van der Waals surface area contributed by atoms with E-state index in [1.165, 1.54) is 0 Å². The third-order valence-corrected chi connectivity index (χ3v) is 5.61. The molecule has 4 heterocycles. The molecule has 28 heavy (non-hydrogen) atoms. The van der Waals surface area contributed by atoms with E-state index in [-0.39, 0.29) is 11.9 Å². The van der Waals surface area contributed by atoms with Crippen molar-refractivity contribution in [3.63, 3.8) is 0 Å². The standard InChI is InChI=1S/C20H22FN7/c1-11-17(12-3-6-28-14(7-12)8-16(23-2)26-28)15-9-24-25-19(15)20(18(11)21)27-5-4-13(22)10-27/h3,6-9,13H,4-5,10,22H2,1-2H3,(H,23,26)(H,24,25). The first kappa shape index (κ1) is 17.0. The van der Waals surface area contributed by atoms with E-state index in [1.807, 2.05) is 43.3 Å². The Morgan fingerprint density at radius 1 is 1.36 bits per heavy atom. The third-order valence-electron chi connectivity index (χ3n) is 5.61. The first-order valence-corrected chi connectivity index (χ1v) is 9.40. The molecular weight excluding hydrogens is 357 g/mol. The number of hydrogen-bond acceptors (Lipinski definition) is 5. The van der Waals surface area contributed by atoms with Crippen molar-refractivity contribution >= 4 is 27.9 Å². The minimum atomic E-state index is -0.217. The van der Waals surface area contributed by atoms with Crippen LogP contribution in [0.1, 0.15) is 12.0 Å². The Balaban J connectivity index is 1.72. The number of benzene rings is 1. The summed E-state index contributed by atoms with van der Waals surface area (Å²) in [5, 5.41) is 15.6. The third kappa shape index (κ3) is 2.45. The van der Waals surface area contributed by atoms with Crippen molar-refractivity contribution in [2.24, 2.45) is 5.73 Å². The summed E-state index contributed by atoms with van der Waals surface area (Å²) < 4.78 is 17.3. The molecule has 0 amide bonds. The van der Waals surface area contributed by atoms with Gasteiger partial charge in [0.05, 0.1) is 22.9 Å². The molecule has 0 aliphatic carbocycles. The number of anilines is 2. The van der Waals surface area contributed by atoms with E-state index in [2.05, 4.69) is 20.6 Å². The largest absolute Gasteiger partial charge is 0.372 e. The zero-order chi connectivity index (χ0) is 19.4. The minimum Gasteiger partial charge on any atom is -0.372 e. The maximum absolute atomic E-state index is 15.5. The van der Waals surface area contributed by atoms with Crippen LogP contribution in [0.25, 0.3) is 27.5 Å². The highest BCUT2D eigenvalue weighted by molar-refractivity contribution is 6.03. The average Bonchev–Trinajstić information content (AvgIpc) is 3.41. The molecule has 4 aromatic rings. The molecule has 0 saturated carbocycles. The second kappa shape index (κ2) is 6.20. The number of H-pyrrole nitrogens is 1. The van der Waals surface area contributed by atoms with Gasteiger partial charge in [0.1, 0.15) is 5.82 Å². The van der Waals surface area contributed by atoms with Crippen LogP contribution in [0.5, 0.6) is 0 Å². The smallest absolute Gasteiger partial charge is 0.152 e. The topological polar surface area (TPSA) is 87.3 Å². The molecule has 0 spiro atoms. The van der Waals surface area contributed by atoms with Gasteiger partial charge in [-0.15, -0.1) is 0 Å².